The molecule has 0 aliphatic heterocycles. The van der Waals surface area contributed by atoms with E-state index < -0.39 is 15.8 Å². The van der Waals surface area contributed by atoms with Gasteiger partial charge in [-0.3, -0.25) is 4.72 Å². The molecule has 4 aromatic rings. The van der Waals surface area contributed by atoms with Gasteiger partial charge in [0.1, 0.15) is 5.82 Å². The molecule has 0 aliphatic rings. The van der Waals surface area contributed by atoms with Crippen molar-refractivity contribution in [3.63, 3.8) is 0 Å². The molecule has 0 spiro atoms. The fourth-order valence-electron chi connectivity index (χ4n) is 3.26. The number of sulfonamides is 1. The normalized spacial score (nSPS) is 11.4. The molecule has 32 heavy (non-hydrogen) atoms. The van der Waals surface area contributed by atoms with Gasteiger partial charge in [0.15, 0.2) is 11.6 Å². The van der Waals surface area contributed by atoms with Crippen LogP contribution in [0.3, 0.4) is 0 Å². The van der Waals surface area contributed by atoms with Crippen LogP contribution in [-0.4, -0.2) is 28.4 Å². The maximum Gasteiger partial charge on any atom is 0.262 e. The number of nitrogens with one attached hydrogen (secondary N) is 2. The summed E-state index contributed by atoms with van der Waals surface area (Å²) in [5.74, 6) is 0.662. The lowest BCUT2D eigenvalue weighted by Gasteiger charge is -2.11. The Labute approximate surface area is 185 Å². The summed E-state index contributed by atoms with van der Waals surface area (Å²) in [6.07, 6.45) is 0. The topological polar surface area (TPSA) is 102 Å². The Morgan fingerprint density at radius 3 is 2.19 bits per heavy atom. The molecule has 0 atom stereocenters. The first kappa shape index (κ1) is 21.4. The molecule has 0 saturated heterocycles. The van der Waals surface area contributed by atoms with Gasteiger partial charge in [0.2, 0.25) is 0 Å². The SMILES string of the molecule is Cc1cc(C)n(-c2ccc(Nc3ccc(NS(=O)(=O)c4ccc(F)cc4C)cc3)nn2)n1. The van der Waals surface area contributed by atoms with Gasteiger partial charge >= 0.3 is 0 Å². The Kier molecular flexibility index (Phi) is 5.62. The van der Waals surface area contributed by atoms with E-state index in [4.69, 9.17) is 0 Å². The van der Waals surface area contributed by atoms with Crippen molar-refractivity contribution in [2.45, 2.75) is 25.7 Å². The lowest BCUT2D eigenvalue weighted by Crippen LogP contribution is -2.14. The molecule has 10 heteroatoms. The third-order valence-electron chi connectivity index (χ3n) is 4.71. The van der Waals surface area contributed by atoms with Gasteiger partial charge in [0.25, 0.3) is 10.0 Å². The van der Waals surface area contributed by atoms with Crippen LogP contribution >= 0.6 is 0 Å². The predicted octanol–water partition coefficient (Wildman–Crippen LogP) is 4.27. The van der Waals surface area contributed by atoms with Gasteiger partial charge in [-0.05, 0) is 87.0 Å². The van der Waals surface area contributed by atoms with Crippen molar-refractivity contribution >= 4 is 27.2 Å². The third-order valence-corrected chi connectivity index (χ3v) is 6.25. The van der Waals surface area contributed by atoms with E-state index in [1.165, 1.54) is 12.1 Å². The Balaban J connectivity index is 1.45. The lowest BCUT2D eigenvalue weighted by atomic mass is 10.2. The van der Waals surface area contributed by atoms with Gasteiger partial charge in [0.05, 0.1) is 10.6 Å². The lowest BCUT2D eigenvalue weighted by molar-refractivity contribution is 0.598. The number of aromatic nitrogens is 4. The van der Waals surface area contributed by atoms with E-state index in [9.17, 15) is 12.8 Å². The van der Waals surface area contributed by atoms with Crippen LogP contribution in [0.15, 0.2) is 65.6 Å². The van der Waals surface area contributed by atoms with Crippen LogP contribution < -0.4 is 10.0 Å². The van der Waals surface area contributed by atoms with E-state index in [0.29, 0.717) is 28.6 Å². The van der Waals surface area contributed by atoms with E-state index in [2.05, 4.69) is 25.3 Å². The van der Waals surface area contributed by atoms with E-state index in [0.717, 1.165) is 17.5 Å². The second-order valence-corrected chi connectivity index (χ2v) is 8.98. The van der Waals surface area contributed by atoms with Crippen molar-refractivity contribution in [3.05, 3.63) is 83.4 Å². The molecule has 0 aliphatic carbocycles. The second kappa shape index (κ2) is 8.39. The third kappa shape index (κ3) is 4.59. The molecule has 4 rings (SSSR count). The molecule has 0 bridgehead atoms. The number of halogens is 1. The van der Waals surface area contributed by atoms with Crippen molar-refractivity contribution < 1.29 is 12.8 Å². The Morgan fingerprint density at radius 1 is 0.875 bits per heavy atom. The number of anilines is 3. The quantitative estimate of drug-likeness (QED) is 0.453. The second-order valence-electron chi connectivity index (χ2n) is 7.33. The largest absolute Gasteiger partial charge is 0.339 e. The summed E-state index contributed by atoms with van der Waals surface area (Å²) >= 11 is 0. The van der Waals surface area contributed by atoms with Crippen LogP contribution in [0.5, 0.6) is 0 Å². The van der Waals surface area contributed by atoms with Crippen LogP contribution in [0, 0.1) is 26.6 Å². The first-order valence-electron chi connectivity index (χ1n) is 9.75. The average molecular weight is 453 g/mol. The molecule has 8 nitrogen and oxygen atoms in total. The summed E-state index contributed by atoms with van der Waals surface area (Å²) in [6, 6.07) is 15.8. The smallest absolute Gasteiger partial charge is 0.262 e. The van der Waals surface area contributed by atoms with Crippen LogP contribution in [-0.2, 0) is 10.0 Å². The Hall–Kier alpha value is -3.79. The zero-order valence-electron chi connectivity index (χ0n) is 17.7. The van der Waals surface area contributed by atoms with Crippen molar-refractivity contribution in [1.29, 1.82) is 0 Å². The fraction of sp³-hybridized carbons (Fsp3) is 0.136. The van der Waals surface area contributed by atoms with E-state index >= 15 is 0 Å². The number of hydrogen-bond donors (Lipinski definition) is 2. The average Bonchev–Trinajstić information content (AvgIpc) is 3.07. The molecule has 164 valence electrons. The molecule has 0 radical (unpaired) electrons. The van der Waals surface area contributed by atoms with Crippen LogP contribution in [0.1, 0.15) is 17.0 Å². The molecule has 2 aromatic carbocycles. The molecule has 0 saturated carbocycles. The highest BCUT2D eigenvalue weighted by Gasteiger charge is 2.17. The minimum absolute atomic E-state index is 0.0269. The zero-order chi connectivity index (χ0) is 22.9. The molecule has 0 unspecified atom stereocenters. The highest BCUT2D eigenvalue weighted by Crippen LogP contribution is 2.22. The van der Waals surface area contributed by atoms with Gasteiger partial charge in [-0.25, -0.2) is 17.5 Å². The number of nitrogens with zero attached hydrogens (tertiary/aromatic N) is 4. The maximum absolute atomic E-state index is 13.3. The number of hydrogen-bond acceptors (Lipinski definition) is 6. The molecule has 2 N–H and O–H groups in total. The summed E-state index contributed by atoms with van der Waals surface area (Å²) < 4.78 is 42.7. The zero-order valence-corrected chi connectivity index (χ0v) is 18.5. The van der Waals surface area contributed by atoms with E-state index in [1.54, 1.807) is 41.9 Å². The van der Waals surface area contributed by atoms with Crippen molar-refractivity contribution in [2.75, 3.05) is 10.0 Å². The molecular weight excluding hydrogens is 431 g/mol. The Morgan fingerprint density at radius 2 is 1.59 bits per heavy atom. The summed E-state index contributed by atoms with van der Waals surface area (Å²) in [5.41, 5.74) is 3.28. The molecular formula is C22H21FN6O2S. The number of aryl methyl sites for hydroxylation is 3. The highest BCUT2D eigenvalue weighted by molar-refractivity contribution is 7.92. The molecule has 2 aromatic heterocycles. The van der Waals surface area contributed by atoms with Gasteiger partial charge in [-0.1, -0.05) is 0 Å². The van der Waals surface area contributed by atoms with Gasteiger partial charge in [0, 0.05) is 17.1 Å². The van der Waals surface area contributed by atoms with Crippen molar-refractivity contribution in [2.24, 2.45) is 0 Å². The first-order valence-corrected chi connectivity index (χ1v) is 11.2. The standard InChI is InChI=1S/C22H21FN6O2S/c1-14-12-17(23)4-9-20(14)32(30,31)28-19-7-5-18(6-8-19)24-21-10-11-22(26-25-21)29-16(3)13-15(2)27-29/h4-13,28H,1-3H3,(H,24,25). The number of rotatable bonds is 6. The van der Waals surface area contributed by atoms with Crippen LogP contribution in [0.2, 0.25) is 0 Å². The van der Waals surface area contributed by atoms with Crippen LogP contribution in [0.25, 0.3) is 5.82 Å². The molecule has 2 heterocycles. The van der Waals surface area contributed by atoms with Crippen molar-refractivity contribution in [3.8, 4) is 5.82 Å². The highest BCUT2D eigenvalue weighted by atomic mass is 32.2. The van der Waals surface area contributed by atoms with Crippen molar-refractivity contribution in [1.82, 2.24) is 20.0 Å². The Bertz CT molecular complexity index is 1370. The molecule has 0 amide bonds. The fourth-order valence-corrected chi connectivity index (χ4v) is 4.55. The first-order chi connectivity index (χ1) is 15.2. The summed E-state index contributed by atoms with van der Waals surface area (Å²) in [7, 11) is -3.83. The van der Waals surface area contributed by atoms with Gasteiger partial charge < -0.3 is 5.32 Å². The van der Waals surface area contributed by atoms with Gasteiger partial charge in [-0.15, -0.1) is 10.2 Å². The van der Waals surface area contributed by atoms with Crippen LogP contribution in [0.4, 0.5) is 21.6 Å². The monoisotopic (exact) mass is 452 g/mol. The minimum Gasteiger partial charge on any atom is -0.339 e. The summed E-state index contributed by atoms with van der Waals surface area (Å²) in [6.45, 7) is 5.41. The summed E-state index contributed by atoms with van der Waals surface area (Å²) in [5, 5.41) is 15.9. The number of benzene rings is 2. The minimum atomic E-state index is -3.83. The van der Waals surface area contributed by atoms with E-state index in [-0.39, 0.29) is 4.90 Å². The summed E-state index contributed by atoms with van der Waals surface area (Å²) in [4.78, 5) is 0.0269. The molecule has 0 fully saturated rings. The van der Waals surface area contributed by atoms with E-state index in [1.807, 2.05) is 26.0 Å². The maximum atomic E-state index is 13.3. The predicted molar refractivity (Wildman–Crippen MR) is 120 cm³/mol. The van der Waals surface area contributed by atoms with Gasteiger partial charge in [-0.2, -0.15) is 5.10 Å².